The van der Waals surface area contributed by atoms with E-state index in [0.717, 1.165) is 44.6 Å². The predicted octanol–water partition coefficient (Wildman–Crippen LogP) is 2.70. The van der Waals surface area contributed by atoms with E-state index in [1.165, 1.54) is 6.20 Å². The molecule has 1 saturated heterocycles. The molecule has 3 rings (SSSR count). The number of halogens is 1. The van der Waals surface area contributed by atoms with Gasteiger partial charge in [-0.05, 0) is 38.4 Å². The van der Waals surface area contributed by atoms with Crippen molar-refractivity contribution in [2.24, 2.45) is 0 Å². The van der Waals surface area contributed by atoms with E-state index in [1.807, 2.05) is 0 Å². The molecule has 0 bridgehead atoms. The van der Waals surface area contributed by atoms with Gasteiger partial charge in [-0.1, -0.05) is 19.0 Å². The molecule has 9 nitrogen and oxygen atoms in total. The van der Waals surface area contributed by atoms with Crippen LogP contribution in [0.2, 0.25) is 0 Å². The van der Waals surface area contributed by atoms with Gasteiger partial charge in [-0.3, -0.25) is 4.90 Å². The monoisotopic (exact) mass is 473 g/mol. The van der Waals surface area contributed by atoms with E-state index in [-0.39, 0.29) is 23.4 Å². The summed E-state index contributed by atoms with van der Waals surface area (Å²) in [6.45, 7) is 8.87. The van der Waals surface area contributed by atoms with Gasteiger partial charge < -0.3 is 14.2 Å². The van der Waals surface area contributed by atoms with Crippen LogP contribution in [-0.2, 0) is 9.84 Å². The quantitative estimate of drug-likeness (QED) is 0.572. The Morgan fingerprint density at radius 1 is 1.32 bits per heavy atom. The van der Waals surface area contributed by atoms with Crippen molar-refractivity contribution in [3.05, 3.63) is 23.7 Å². The zero-order valence-corrected chi connectivity index (χ0v) is 20.4. The van der Waals surface area contributed by atoms with Crippen LogP contribution in [0.25, 0.3) is 0 Å². The summed E-state index contributed by atoms with van der Waals surface area (Å²) in [5.41, 5.74) is 0.595. The largest absolute Gasteiger partial charge is 0.491 e. The Kier molecular flexibility index (Phi) is 8.67. The first kappa shape index (κ1) is 25.4. The Bertz CT molecular complexity index is 958. The molecule has 0 atom stereocenters. The number of ether oxygens (including phenoxy) is 1. The molecule has 1 aliphatic rings. The Labute approximate surface area is 190 Å². The highest BCUT2D eigenvalue weighted by Gasteiger charge is 2.25. The van der Waals surface area contributed by atoms with Crippen molar-refractivity contribution in [1.82, 2.24) is 20.0 Å². The Morgan fingerprint density at radius 3 is 2.55 bits per heavy atom. The van der Waals surface area contributed by atoms with Crippen molar-refractivity contribution >= 4 is 28.3 Å². The number of aryl methyl sites for hydroxylation is 1. The lowest BCUT2D eigenvalue weighted by molar-refractivity contribution is 0.168. The Morgan fingerprint density at radius 2 is 2.00 bits per heavy atom. The third-order valence-electron chi connectivity index (χ3n) is 5.37. The molecule has 0 saturated carbocycles. The van der Waals surface area contributed by atoms with Crippen LogP contribution >= 0.6 is 12.4 Å². The van der Waals surface area contributed by atoms with Gasteiger partial charge >= 0.3 is 6.01 Å². The van der Waals surface area contributed by atoms with Gasteiger partial charge in [0.1, 0.15) is 12.4 Å². The van der Waals surface area contributed by atoms with Gasteiger partial charge in [0, 0.05) is 37.8 Å². The molecule has 0 amide bonds. The SMILES string of the molecule is Cc1cc(OCCN(C)C2CCN(c3nc(C(C)C)no3)CC2)cnc1S(C)(=O)=O.Cl. The van der Waals surface area contributed by atoms with Gasteiger partial charge in [0.2, 0.25) is 0 Å². The zero-order valence-electron chi connectivity index (χ0n) is 18.7. The maximum Gasteiger partial charge on any atom is 0.324 e. The maximum atomic E-state index is 11.7. The van der Waals surface area contributed by atoms with E-state index < -0.39 is 9.84 Å². The minimum absolute atomic E-state index is 0. The number of sulfone groups is 1. The average Bonchev–Trinajstić information content (AvgIpc) is 3.18. The number of rotatable bonds is 8. The molecule has 1 aliphatic heterocycles. The van der Waals surface area contributed by atoms with E-state index in [9.17, 15) is 8.42 Å². The molecule has 2 aromatic rings. The van der Waals surface area contributed by atoms with E-state index in [4.69, 9.17) is 9.26 Å². The van der Waals surface area contributed by atoms with Crippen molar-refractivity contribution in [2.75, 3.05) is 44.4 Å². The fourth-order valence-electron chi connectivity index (χ4n) is 3.58. The van der Waals surface area contributed by atoms with Gasteiger partial charge in [0.25, 0.3) is 0 Å². The number of hydrogen-bond donors (Lipinski definition) is 0. The lowest BCUT2D eigenvalue weighted by atomic mass is 10.0. The molecule has 0 unspecified atom stereocenters. The molecule has 11 heteroatoms. The number of hydrogen-bond acceptors (Lipinski definition) is 9. The lowest BCUT2D eigenvalue weighted by Crippen LogP contribution is -2.44. The minimum Gasteiger partial charge on any atom is -0.491 e. The van der Waals surface area contributed by atoms with Crippen molar-refractivity contribution in [3.8, 4) is 5.75 Å². The van der Waals surface area contributed by atoms with Gasteiger partial charge in [0.05, 0.1) is 6.20 Å². The average molecular weight is 474 g/mol. The maximum absolute atomic E-state index is 11.7. The van der Waals surface area contributed by atoms with E-state index in [1.54, 1.807) is 13.0 Å². The number of aromatic nitrogens is 3. The first-order valence-electron chi connectivity index (χ1n) is 10.2. The minimum atomic E-state index is -3.32. The summed E-state index contributed by atoms with van der Waals surface area (Å²) in [5.74, 6) is 1.59. The smallest absolute Gasteiger partial charge is 0.324 e. The lowest BCUT2D eigenvalue weighted by Gasteiger charge is -2.35. The van der Waals surface area contributed by atoms with Crippen LogP contribution in [0, 0.1) is 6.92 Å². The number of nitrogens with zero attached hydrogens (tertiary/aromatic N) is 5. The van der Waals surface area contributed by atoms with Crippen molar-refractivity contribution in [1.29, 1.82) is 0 Å². The summed E-state index contributed by atoms with van der Waals surface area (Å²) in [6, 6.07) is 2.80. The predicted molar refractivity (Wildman–Crippen MR) is 121 cm³/mol. The molecule has 1 fully saturated rings. The van der Waals surface area contributed by atoms with Gasteiger partial charge in [0.15, 0.2) is 20.7 Å². The number of pyridine rings is 1. The number of piperidine rings is 1. The van der Waals surface area contributed by atoms with E-state index in [2.05, 4.69) is 45.8 Å². The molecular formula is C20H32ClN5O4S. The van der Waals surface area contributed by atoms with E-state index >= 15 is 0 Å². The molecule has 0 radical (unpaired) electrons. The van der Waals surface area contributed by atoms with Crippen molar-refractivity contribution in [3.63, 3.8) is 0 Å². The fraction of sp³-hybridized carbons (Fsp3) is 0.650. The Balaban J connectivity index is 0.00000341. The second-order valence-electron chi connectivity index (χ2n) is 8.20. The van der Waals surface area contributed by atoms with Gasteiger partial charge in [-0.25, -0.2) is 13.4 Å². The van der Waals surface area contributed by atoms with Crippen LogP contribution in [0.4, 0.5) is 6.01 Å². The summed E-state index contributed by atoms with van der Waals surface area (Å²) < 4.78 is 34.5. The van der Waals surface area contributed by atoms with Crippen LogP contribution in [0.5, 0.6) is 5.75 Å². The van der Waals surface area contributed by atoms with Crippen LogP contribution < -0.4 is 9.64 Å². The summed E-state index contributed by atoms with van der Waals surface area (Å²) in [7, 11) is -1.22. The highest BCUT2D eigenvalue weighted by Crippen LogP contribution is 2.23. The molecule has 0 aliphatic carbocycles. The topological polar surface area (TPSA) is 102 Å². The fourth-order valence-corrected chi connectivity index (χ4v) is 4.47. The summed E-state index contributed by atoms with van der Waals surface area (Å²) in [4.78, 5) is 13.0. The Hall–Kier alpha value is -1.91. The first-order chi connectivity index (χ1) is 14.1. The van der Waals surface area contributed by atoms with Crippen LogP contribution in [0.1, 0.15) is 44.0 Å². The third kappa shape index (κ3) is 6.54. The molecule has 0 aromatic carbocycles. The van der Waals surface area contributed by atoms with Crippen LogP contribution in [0.15, 0.2) is 21.8 Å². The standard InChI is InChI=1S/C20H31N5O4S.ClH/c1-14(2)18-22-20(29-23-18)25-8-6-16(7-9-25)24(4)10-11-28-17-12-15(3)19(21-13-17)30(5,26)27;/h12-14,16H,6-11H2,1-5H3;1H. The van der Waals surface area contributed by atoms with Crippen molar-refractivity contribution in [2.45, 2.75) is 50.6 Å². The summed E-state index contributed by atoms with van der Waals surface area (Å²) >= 11 is 0. The highest BCUT2D eigenvalue weighted by atomic mass is 35.5. The van der Waals surface area contributed by atoms with Crippen molar-refractivity contribution < 1.29 is 17.7 Å². The van der Waals surface area contributed by atoms with Gasteiger partial charge in [-0.2, -0.15) is 4.98 Å². The van der Waals surface area contributed by atoms with Crippen LogP contribution in [0.3, 0.4) is 0 Å². The third-order valence-corrected chi connectivity index (χ3v) is 6.50. The molecule has 0 spiro atoms. The zero-order chi connectivity index (χ0) is 21.9. The molecular weight excluding hydrogens is 442 g/mol. The van der Waals surface area contributed by atoms with E-state index in [0.29, 0.717) is 30.0 Å². The summed E-state index contributed by atoms with van der Waals surface area (Å²) in [6.07, 6.45) is 4.65. The molecule has 3 heterocycles. The first-order valence-corrected chi connectivity index (χ1v) is 12.1. The number of likely N-dealkylation sites (N-methyl/N-ethyl adjacent to an activating group) is 1. The van der Waals surface area contributed by atoms with Crippen LogP contribution in [-0.4, -0.2) is 74.0 Å². The highest BCUT2D eigenvalue weighted by molar-refractivity contribution is 7.90. The normalized spacial score (nSPS) is 15.4. The second-order valence-corrected chi connectivity index (χ2v) is 10.1. The van der Waals surface area contributed by atoms with Gasteiger partial charge in [-0.15, -0.1) is 12.4 Å². The molecule has 0 N–H and O–H groups in total. The molecule has 174 valence electrons. The molecule has 31 heavy (non-hydrogen) atoms. The molecule has 2 aromatic heterocycles. The second kappa shape index (κ2) is 10.6. The summed E-state index contributed by atoms with van der Waals surface area (Å²) in [5, 5.41) is 4.14. The number of anilines is 1.